The molecule has 0 amide bonds. The van der Waals surface area contributed by atoms with Gasteiger partial charge in [0, 0.05) is 17.1 Å². The number of rotatable bonds is 2. The van der Waals surface area contributed by atoms with Crippen molar-refractivity contribution in [3.05, 3.63) is 71.9 Å². The normalized spacial score (nSPS) is 15.2. The minimum atomic E-state index is -0.912. The number of hydrogen-bond donors (Lipinski definition) is 2. The van der Waals surface area contributed by atoms with Crippen molar-refractivity contribution in [2.45, 2.75) is 0 Å². The molecule has 0 aromatic carbocycles. The van der Waals surface area contributed by atoms with Crippen molar-refractivity contribution in [3.8, 4) is 0 Å². The number of aliphatic carboxylic acids is 2. The number of allylic oxidation sites excluding steroid dienone is 6. The first-order valence-corrected chi connectivity index (χ1v) is 5.05. The van der Waals surface area contributed by atoms with E-state index in [-0.39, 0.29) is 28.2 Å². The monoisotopic (exact) mass is 307 g/mol. The van der Waals surface area contributed by atoms with Gasteiger partial charge in [-0.1, -0.05) is 37.5 Å². The molecule has 0 spiro atoms. The molecule has 103 valence electrons. The maximum atomic E-state index is 10.2. The third-order valence-electron chi connectivity index (χ3n) is 2.27. The zero-order chi connectivity index (χ0) is 13.7. The average Bonchev–Trinajstić information content (AvgIpc) is 2.87. The van der Waals surface area contributed by atoms with Gasteiger partial charge < -0.3 is 10.2 Å². The third kappa shape index (κ3) is 4.58. The summed E-state index contributed by atoms with van der Waals surface area (Å²) in [5, 5.41) is 16.8. The first-order chi connectivity index (χ1) is 8.43. The van der Waals surface area contributed by atoms with Crippen LogP contribution in [-0.4, -0.2) is 22.2 Å². The van der Waals surface area contributed by atoms with E-state index in [0.29, 0.717) is 11.1 Å². The van der Waals surface area contributed by atoms with Crippen LogP contribution in [0.15, 0.2) is 71.9 Å². The molecule has 2 rings (SSSR count). The Bertz CT molecular complexity index is 498. The first-order valence-electron chi connectivity index (χ1n) is 5.05. The molecule has 0 saturated heterocycles. The molecule has 0 unspecified atom stereocenters. The summed E-state index contributed by atoms with van der Waals surface area (Å²) in [6.07, 6.45) is 9.75. The van der Waals surface area contributed by atoms with Gasteiger partial charge in [-0.05, 0) is 23.3 Å². The molecule has 0 aliphatic heterocycles. The predicted molar refractivity (Wildman–Crippen MR) is 68.0 cm³/mol. The zero-order valence-electron chi connectivity index (χ0n) is 9.89. The van der Waals surface area contributed by atoms with E-state index in [9.17, 15) is 9.59 Å². The average molecular weight is 308 g/mol. The molecule has 0 atom stereocenters. The van der Waals surface area contributed by atoms with Crippen LogP contribution >= 0.6 is 0 Å². The second-order valence-corrected chi connectivity index (χ2v) is 3.54. The molecule has 0 heterocycles. The van der Waals surface area contributed by atoms with Crippen LogP contribution in [-0.2, 0) is 26.7 Å². The van der Waals surface area contributed by atoms with Crippen molar-refractivity contribution in [2.75, 3.05) is 0 Å². The molecule has 0 fully saturated rings. The summed E-state index contributed by atoms with van der Waals surface area (Å²) in [7, 11) is 0. The number of hydrogen-bond acceptors (Lipinski definition) is 2. The van der Waals surface area contributed by atoms with Gasteiger partial charge in [-0.2, -0.15) is 0 Å². The summed E-state index contributed by atoms with van der Waals surface area (Å²) < 4.78 is 0. The van der Waals surface area contributed by atoms with Gasteiger partial charge in [-0.25, -0.2) is 9.59 Å². The summed E-state index contributed by atoms with van der Waals surface area (Å²) in [6, 6.07) is 0. The molecular formula is C14H12CuO4. The number of carboxylic acids is 2. The van der Waals surface area contributed by atoms with Crippen molar-refractivity contribution in [3.63, 3.8) is 0 Å². The predicted octanol–water partition coefficient (Wildman–Crippen LogP) is 2.24. The van der Waals surface area contributed by atoms with Crippen LogP contribution in [0.3, 0.4) is 0 Å². The van der Waals surface area contributed by atoms with Gasteiger partial charge in [-0.3, -0.25) is 0 Å². The van der Waals surface area contributed by atoms with Gasteiger partial charge in [0.2, 0.25) is 0 Å². The van der Waals surface area contributed by atoms with Crippen molar-refractivity contribution in [1.82, 2.24) is 0 Å². The molecule has 4 nitrogen and oxygen atoms in total. The van der Waals surface area contributed by atoms with E-state index in [1.165, 1.54) is 12.2 Å². The molecule has 0 aromatic heterocycles. The minimum Gasteiger partial charge on any atom is -0.478 e. The summed E-state index contributed by atoms with van der Waals surface area (Å²) in [5.41, 5.74) is 1.72. The van der Waals surface area contributed by atoms with Crippen LogP contribution in [0.5, 0.6) is 0 Å². The maximum Gasteiger partial charge on any atom is 0.336 e. The topological polar surface area (TPSA) is 74.6 Å². The Kier molecular flexibility index (Phi) is 6.55. The van der Waals surface area contributed by atoms with Crippen LogP contribution in [0.4, 0.5) is 0 Å². The quantitative estimate of drug-likeness (QED) is 0.767. The van der Waals surface area contributed by atoms with Crippen LogP contribution in [0, 0.1) is 0 Å². The van der Waals surface area contributed by atoms with E-state index < -0.39 is 11.9 Å². The minimum absolute atomic E-state index is 0. The van der Waals surface area contributed by atoms with E-state index in [1.807, 2.05) is 0 Å². The van der Waals surface area contributed by atoms with Crippen LogP contribution in [0.25, 0.3) is 0 Å². The van der Waals surface area contributed by atoms with Gasteiger partial charge >= 0.3 is 11.9 Å². The Hall–Kier alpha value is -2.10. The van der Waals surface area contributed by atoms with Crippen molar-refractivity contribution < 1.29 is 36.9 Å². The van der Waals surface area contributed by atoms with E-state index in [1.54, 1.807) is 24.3 Å². The van der Waals surface area contributed by atoms with Gasteiger partial charge in [-0.15, -0.1) is 0 Å². The van der Waals surface area contributed by atoms with Gasteiger partial charge in [0.1, 0.15) is 0 Å². The smallest absolute Gasteiger partial charge is 0.336 e. The molecule has 2 aliphatic rings. The summed E-state index contributed by atoms with van der Waals surface area (Å²) in [5.74, 6) is -1.82. The molecule has 0 saturated carbocycles. The van der Waals surface area contributed by atoms with Crippen LogP contribution < -0.4 is 0 Å². The molecule has 0 aromatic rings. The van der Waals surface area contributed by atoms with Crippen molar-refractivity contribution >= 4 is 11.9 Å². The van der Waals surface area contributed by atoms with Gasteiger partial charge in [0.25, 0.3) is 0 Å². The fourth-order valence-electron chi connectivity index (χ4n) is 1.33. The number of carbonyl (C=O) groups is 2. The molecule has 19 heavy (non-hydrogen) atoms. The SMILES string of the molecule is C=C1C=CC=C1C(=O)O.C=C1C=CC=C1C(=O)O.[Cu]. The molecular weight excluding hydrogens is 296 g/mol. The van der Waals surface area contributed by atoms with E-state index in [2.05, 4.69) is 13.2 Å². The van der Waals surface area contributed by atoms with Crippen LogP contribution in [0.2, 0.25) is 0 Å². The Morgan fingerprint density at radius 2 is 1.16 bits per heavy atom. The second-order valence-electron chi connectivity index (χ2n) is 3.54. The Labute approximate surface area is 121 Å². The summed E-state index contributed by atoms with van der Waals surface area (Å²) in [6.45, 7) is 7.04. The van der Waals surface area contributed by atoms with Gasteiger partial charge in [0.15, 0.2) is 0 Å². The third-order valence-corrected chi connectivity index (χ3v) is 2.27. The fourth-order valence-corrected chi connectivity index (χ4v) is 1.33. The van der Waals surface area contributed by atoms with Crippen molar-refractivity contribution in [1.29, 1.82) is 0 Å². The van der Waals surface area contributed by atoms with E-state index in [4.69, 9.17) is 10.2 Å². The zero-order valence-corrected chi connectivity index (χ0v) is 10.8. The first kappa shape index (κ1) is 16.9. The summed E-state index contributed by atoms with van der Waals surface area (Å²) in [4.78, 5) is 20.5. The maximum absolute atomic E-state index is 10.2. The molecule has 2 N–H and O–H groups in total. The second kappa shape index (κ2) is 7.36. The largest absolute Gasteiger partial charge is 0.478 e. The molecule has 5 heteroatoms. The van der Waals surface area contributed by atoms with E-state index >= 15 is 0 Å². The Morgan fingerprint density at radius 3 is 1.26 bits per heavy atom. The molecule has 0 bridgehead atoms. The van der Waals surface area contributed by atoms with Gasteiger partial charge in [0.05, 0.1) is 11.1 Å². The van der Waals surface area contributed by atoms with Crippen LogP contribution in [0.1, 0.15) is 0 Å². The Morgan fingerprint density at radius 1 is 0.842 bits per heavy atom. The fraction of sp³-hybridized carbons (Fsp3) is 0. The Balaban J connectivity index is 0.000000324. The van der Waals surface area contributed by atoms with Crippen molar-refractivity contribution in [2.24, 2.45) is 0 Å². The standard InChI is InChI=1S/2C7H6O2.Cu/c2*1-5-3-2-4-6(5)7(8)9;/h2*2-4H,1H2,(H,8,9);. The van der Waals surface area contributed by atoms with E-state index in [0.717, 1.165) is 0 Å². The number of carboxylic acid groups (broad SMARTS) is 2. The molecule has 2 aliphatic carbocycles. The molecule has 1 radical (unpaired) electrons. The summed E-state index contributed by atoms with van der Waals surface area (Å²) >= 11 is 0.